The van der Waals surface area contributed by atoms with Crippen molar-refractivity contribution < 1.29 is 28.9 Å². The monoisotopic (exact) mass is 816 g/mol. The Balaban J connectivity index is 0.000000151. The Labute approximate surface area is 341 Å². The van der Waals surface area contributed by atoms with Gasteiger partial charge in [-0.1, -0.05) is 0 Å². The zero-order chi connectivity index (χ0) is 39.9. The molecule has 0 spiro atoms. The molecule has 3 N–H and O–H groups in total. The SMILES string of the molecule is CCOC(=O)[C@@H]1CCc2c(sc3ncnc(Nc4cc5c(cc4OC)CN=C5)c23)C1.COc1cc2c(cc1Nc1ncnc3sc4c(c13)CC[C@@H](C(=O)O)C4)C=NC2. The van der Waals surface area contributed by atoms with E-state index < -0.39 is 5.97 Å². The molecule has 0 unspecified atom stereocenters. The summed E-state index contributed by atoms with van der Waals surface area (Å²) >= 11 is 3.21. The normalized spacial score (nSPS) is 17.2. The smallest absolute Gasteiger partial charge is 0.309 e. The maximum atomic E-state index is 12.2. The molecule has 58 heavy (non-hydrogen) atoms. The number of aliphatic carboxylic acids is 1. The Bertz CT molecular complexity index is 2670. The fourth-order valence-corrected chi connectivity index (χ4v) is 10.7. The van der Waals surface area contributed by atoms with Gasteiger partial charge in [0, 0.05) is 22.2 Å². The van der Waals surface area contributed by atoms with Crippen LogP contribution >= 0.6 is 22.7 Å². The number of nitrogens with one attached hydrogen (secondary N) is 2. The molecule has 0 saturated heterocycles. The van der Waals surface area contributed by atoms with Crippen LogP contribution in [0.25, 0.3) is 20.4 Å². The number of ether oxygens (including phenoxy) is 3. The van der Waals surface area contributed by atoms with Crippen LogP contribution in [-0.2, 0) is 53.1 Å². The summed E-state index contributed by atoms with van der Waals surface area (Å²) < 4.78 is 16.4. The summed E-state index contributed by atoms with van der Waals surface area (Å²) in [5, 5.41) is 18.3. The lowest BCUT2D eigenvalue weighted by Gasteiger charge is -2.21. The number of aliphatic imine (C=N–C) groups is 2. The number of hydrogen-bond donors (Lipinski definition) is 3. The fourth-order valence-electron chi connectivity index (χ4n) is 8.15. The first kappa shape index (κ1) is 37.6. The Morgan fingerprint density at radius 2 is 1.24 bits per heavy atom. The van der Waals surface area contributed by atoms with Gasteiger partial charge in [0.2, 0.25) is 0 Å². The zero-order valence-electron chi connectivity index (χ0n) is 32.1. The number of carbonyl (C=O) groups excluding carboxylic acids is 1. The molecule has 6 aromatic rings. The molecule has 4 aromatic heterocycles. The molecular weight excluding hydrogens is 777 g/mol. The van der Waals surface area contributed by atoms with Gasteiger partial charge in [0.25, 0.3) is 0 Å². The van der Waals surface area contributed by atoms with Crippen molar-refractivity contribution in [2.75, 3.05) is 31.5 Å². The average Bonchev–Trinajstić information content (AvgIpc) is 4.04. The molecule has 0 saturated carbocycles. The van der Waals surface area contributed by atoms with Gasteiger partial charge in [-0.2, -0.15) is 0 Å². The molecule has 16 heteroatoms. The molecule has 2 atom stereocenters. The first-order valence-electron chi connectivity index (χ1n) is 19.2. The minimum absolute atomic E-state index is 0.0778. The largest absolute Gasteiger partial charge is 0.495 e. The van der Waals surface area contributed by atoms with Crippen molar-refractivity contribution in [1.29, 1.82) is 0 Å². The molecule has 0 amide bonds. The van der Waals surface area contributed by atoms with E-state index in [9.17, 15) is 14.7 Å². The molecule has 2 aliphatic heterocycles. The number of esters is 1. The highest BCUT2D eigenvalue weighted by Gasteiger charge is 2.31. The summed E-state index contributed by atoms with van der Waals surface area (Å²) in [6.45, 7) is 3.62. The van der Waals surface area contributed by atoms with Gasteiger partial charge < -0.3 is 30.0 Å². The number of rotatable bonds is 9. The topological polar surface area (TPSA) is 182 Å². The van der Waals surface area contributed by atoms with E-state index in [0.29, 0.717) is 39.0 Å². The first-order valence-corrected chi connectivity index (χ1v) is 20.8. The zero-order valence-corrected chi connectivity index (χ0v) is 33.8. The summed E-state index contributed by atoms with van der Waals surface area (Å²) in [7, 11) is 3.32. The predicted octanol–water partition coefficient (Wildman–Crippen LogP) is 7.61. The third-order valence-electron chi connectivity index (χ3n) is 11.1. The fraction of sp³-hybridized carbons (Fsp3) is 0.333. The average molecular weight is 817 g/mol. The number of nitrogens with zero attached hydrogens (tertiary/aromatic N) is 6. The molecule has 2 aromatic carbocycles. The van der Waals surface area contributed by atoms with Crippen LogP contribution in [0.15, 0.2) is 46.9 Å². The number of aryl methyl sites for hydroxylation is 2. The van der Waals surface area contributed by atoms with Gasteiger partial charge in [0.15, 0.2) is 0 Å². The van der Waals surface area contributed by atoms with E-state index in [4.69, 9.17) is 14.2 Å². The lowest BCUT2D eigenvalue weighted by atomic mass is 9.88. The van der Waals surface area contributed by atoms with Crippen molar-refractivity contribution in [3.63, 3.8) is 0 Å². The molecule has 4 aliphatic rings. The number of carbonyl (C=O) groups is 2. The van der Waals surface area contributed by atoms with Crippen molar-refractivity contribution in [1.82, 2.24) is 19.9 Å². The molecule has 296 valence electrons. The van der Waals surface area contributed by atoms with Crippen LogP contribution in [0.3, 0.4) is 0 Å². The van der Waals surface area contributed by atoms with Crippen LogP contribution in [0, 0.1) is 11.8 Å². The van der Waals surface area contributed by atoms with Gasteiger partial charge in [0.05, 0.1) is 67.9 Å². The van der Waals surface area contributed by atoms with Gasteiger partial charge in [-0.15, -0.1) is 22.7 Å². The highest BCUT2D eigenvalue weighted by Crippen LogP contribution is 2.43. The molecule has 6 heterocycles. The number of benzene rings is 2. The van der Waals surface area contributed by atoms with E-state index in [0.717, 1.165) is 101 Å². The Morgan fingerprint density at radius 1 is 0.741 bits per heavy atom. The lowest BCUT2D eigenvalue weighted by Crippen LogP contribution is -2.23. The number of methoxy groups -OCH3 is 2. The van der Waals surface area contributed by atoms with Crippen LogP contribution in [0.4, 0.5) is 23.0 Å². The van der Waals surface area contributed by atoms with Gasteiger partial charge >= 0.3 is 11.9 Å². The van der Waals surface area contributed by atoms with Crippen LogP contribution in [0.5, 0.6) is 11.5 Å². The Kier molecular flexibility index (Phi) is 10.2. The van der Waals surface area contributed by atoms with E-state index in [1.807, 2.05) is 43.6 Å². The highest BCUT2D eigenvalue weighted by molar-refractivity contribution is 7.19. The highest BCUT2D eigenvalue weighted by atomic mass is 32.1. The Hall–Kier alpha value is -6.00. The molecule has 0 fully saturated rings. The quantitative estimate of drug-likeness (QED) is 0.122. The number of fused-ring (bicyclic) bond motifs is 8. The van der Waals surface area contributed by atoms with Crippen molar-refractivity contribution in [2.45, 2.75) is 58.5 Å². The second-order valence-electron chi connectivity index (χ2n) is 14.5. The molecular formula is C42H40N8O6S2. The van der Waals surface area contributed by atoms with E-state index in [2.05, 4.69) is 40.6 Å². The molecule has 14 nitrogen and oxygen atoms in total. The van der Waals surface area contributed by atoms with Crippen LogP contribution in [0.2, 0.25) is 0 Å². The number of carboxylic acid groups (broad SMARTS) is 1. The summed E-state index contributed by atoms with van der Waals surface area (Å²) in [6.07, 6.45) is 11.1. The van der Waals surface area contributed by atoms with Gasteiger partial charge in [-0.25, -0.2) is 19.9 Å². The van der Waals surface area contributed by atoms with Crippen LogP contribution in [-0.4, -0.2) is 70.2 Å². The minimum atomic E-state index is -0.725. The third kappa shape index (κ3) is 7.00. The third-order valence-corrected chi connectivity index (χ3v) is 13.4. The summed E-state index contributed by atoms with van der Waals surface area (Å²) in [6, 6.07) is 8.10. The maximum absolute atomic E-state index is 12.2. The maximum Gasteiger partial charge on any atom is 0.309 e. The van der Waals surface area contributed by atoms with Crippen LogP contribution < -0.4 is 20.1 Å². The number of thiophene rings is 2. The van der Waals surface area contributed by atoms with E-state index in [1.165, 1.54) is 16.0 Å². The van der Waals surface area contributed by atoms with Crippen LogP contribution in [0.1, 0.15) is 62.9 Å². The summed E-state index contributed by atoms with van der Waals surface area (Å²) in [4.78, 5) is 54.3. The molecule has 10 rings (SSSR count). The standard InChI is InChI=1S/C22H22N4O3S.C20H18N4O3S/c1-3-29-22(27)12-4-5-15-18(8-12)30-21-19(15)20(24-11-25-21)26-16-6-13-9-23-10-14(13)7-17(16)28-2;1-27-15-5-12-8-21-7-11(12)4-14(15)24-18-17-13-3-2-10(20(25)26)6-16(13)28-19(17)23-9-22-18/h6-7,9,11-12H,3-5,8,10H2,1-2H3,(H,24,25,26);4-5,7,9-10H,2-3,6,8H2,1H3,(H,25,26)(H,22,23,24)/t12-;10-/m11/s1. The number of aromatic nitrogens is 4. The van der Waals surface area contributed by atoms with Crippen molar-refractivity contribution in [3.05, 3.63) is 80.1 Å². The number of hydrogen-bond acceptors (Lipinski definition) is 15. The van der Waals surface area contributed by atoms with E-state index in [-0.39, 0.29) is 17.8 Å². The van der Waals surface area contributed by atoms with Gasteiger partial charge in [0.1, 0.15) is 45.5 Å². The predicted molar refractivity (Wildman–Crippen MR) is 225 cm³/mol. The van der Waals surface area contributed by atoms with Gasteiger partial charge in [-0.3, -0.25) is 19.6 Å². The molecule has 0 radical (unpaired) electrons. The lowest BCUT2D eigenvalue weighted by molar-refractivity contribution is -0.148. The number of carboxylic acids is 1. The van der Waals surface area contributed by atoms with E-state index in [1.54, 1.807) is 49.5 Å². The minimum Gasteiger partial charge on any atom is -0.495 e. The molecule has 0 bridgehead atoms. The first-order chi connectivity index (χ1) is 28.3. The summed E-state index contributed by atoms with van der Waals surface area (Å²) in [5.74, 6) is 1.77. The van der Waals surface area contributed by atoms with Crippen molar-refractivity contribution in [3.8, 4) is 11.5 Å². The summed E-state index contributed by atoms with van der Waals surface area (Å²) in [5.41, 5.74) is 8.55. The van der Waals surface area contributed by atoms with Crippen molar-refractivity contribution >= 4 is 90.5 Å². The van der Waals surface area contributed by atoms with Gasteiger partial charge in [-0.05, 0) is 103 Å². The van der Waals surface area contributed by atoms with E-state index >= 15 is 0 Å². The Morgan fingerprint density at radius 3 is 1.72 bits per heavy atom. The molecule has 2 aliphatic carbocycles. The van der Waals surface area contributed by atoms with Crippen molar-refractivity contribution in [2.24, 2.45) is 21.8 Å². The second kappa shape index (κ2) is 15.7. The second-order valence-corrected chi connectivity index (χ2v) is 16.6. The number of anilines is 4.